The van der Waals surface area contributed by atoms with Gasteiger partial charge >= 0.3 is 0 Å². The highest BCUT2D eigenvalue weighted by molar-refractivity contribution is 5.83. The van der Waals surface area contributed by atoms with E-state index in [0.29, 0.717) is 22.8 Å². The van der Waals surface area contributed by atoms with E-state index in [1.807, 2.05) is 0 Å². The van der Waals surface area contributed by atoms with Crippen molar-refractivity contribution >= 4 is 5.91 Å². The summed E-state index contributed by atoms with van der Waals surface area (Å²) in [7, 11) is 1.52. The quantitative estimate of drug-likeness (QED) is 0.830. The van der Waals surface area contributed by atoms with Gasteiger partial charge < -0.3 is 19.9 Å². The lowest BCUT2D eigenvalue weighted by atomic mass is 9.99. The van der Waals surface area contributed by atoms with Gasteiger partial charge in [-0.05, 0) is 13.0 Å². The first-order valence-electron chi connectivity index (χ1n) is 4.91. The molecule has 1 aromatic carbocycles. The Morgan fingerprint density at radius 1 is 1.50 bits per heavy atom. The Morgan fingerprint density at radius 3 is 2.88 bits per heavy atom. The first-order valence-corrected chi connectivity index (χ1v) is 4.91. The Labute approximate surface area is 93.1 Å². The highest BCUT2D eigenvalue weighted by atomic mass is 16.7. The molecule has 0 saturated heterocycles. The van der Waals surface area contributed by atoms with Gasteiger partial charge in [-0.3, -0.25) is 4.79 Å². The van der Waals surface area contributed by atoms with E-state index in [0.717, 1.165) is 0 Å². The number of fused-ring (bicyclic) bond motifs is 1. The molecular formula is C11H13NO4. The van der Waals surface area contributed by atoms with Crippen molar-refractivity contribution < 1.29 is 19.0 Å². The van der Waals surface area contributed by atoms with Gasteiger partial charge in [0.1, 0.15) is 0 Å². The van der Waals surface area contributed by atoms with Crippen molar-refractivity contribution in [3.05, 3.63) is 17.7 Å². The Kier molecular flexibility index (Phi) is 2.60. The summed E-state index contributed by atoms with van der Waals surface area (Å²) in [6, 6.07) is 3.52. The molecule has 5 nitrogen and oxygen atoms in total. The van der Waals surface area contributed by atoms with E-state index in [1.54, 1.807) is 19.1 Å². The molecule has 0 saturated carbocycles. The number of amides is 1. The van der Waals surface area contributed by atoms with Gasteiger partial charge in [0.15, 0.2) is 11.5 Å². The lowest BCUT2D eigenvalue weighted by molar-refractivity contribution is -0.119. The molecule has 1 aliphatic heterocycles. The average molecular weight is 223 g/mol. The van der Waals surface area contributed by atoms with Crippen molar-refractivity contribution in [1.29, 1.82) is 0 Å². The van der Waals surface area contributed by atoms with Gasteiger partial charge in [-0.1, -0.05) is 6.07 Å². The molecule has 1 unspecified atom stereocenters. The van der Waals surface area contributed by atoms with Crippen LogP contribution < -0.4 is 19.9 Å². The lowest BCUT2D eigenvalue weighted by Crippen LogP contribution is -2.19. The van der Waals surface area contributed by atoms with Crippen LogP contribution in [0.1, 0.15) is 18.4 Å². The number of hydrogen-bond acceptors (Lipinski definition) is 4. The van der Waals surface area contributed by atoms with E-state index < -0.39 is 11.8 Å². The first kappa shape index (κ1) is 10.6. The maximum atomic E-state index is 11.2. The highest BCUT2D eigenvalue weighted by Gasteiger charge is 2.25. The van der Waals surface area contributed by atoms with Gasteiger partial charge in [0.2, 0.25) is 18.4 Å². The summed E-state index contributed by atoms with van der Waals surface area (Å²) in [6.45, 7) is 1.89. The minimum Gasteiger partial charge on any atom is -0.492 e. The molecule has 0 aromatic heterocycles. The molecule has 0 fully saturated rings. The summed E-state index contributed by atoms with van der Waals surface area (Å²) < 4.78 is 15.8. The average Bonchev–Trinajstić information content (AvgIpc) is 2.74. The zero-order valence-corrected chi connectivity index (χ0v) is 9.15. The molecule has 16 heavy (non-hydrogen) atoms. The van der Waals surface area contributed by atoms with Gasteiger partial charge in [-0.15, -0.1) is 0 Å². The van der Waals surface area contributed by atoms with Gasteiger partial charge in [0.05, 0.1) is 13.0 Å². The van der Waals surface area contributed by atoms with Crippen LogP contribution in [-0.2, 0) is 4.79 Å². The molecule has 5 heteroatoms. The van der Waals surface area contributed by atoms with E-state index in [9.17, 15) is 4.79 Å². The third-order valence-electron chi connectivity index (χ3n) is 2.62. The predicted molar refractivity (Wildman–Crippen MR) is 56.7 cm³/mol. The zero-order chi connectivity index (χ0) is 11.7. The van der Waals surface area contributed by atoms with Crippen LogP contribution in [0.15, 0.2) is 12.1 Å². The van der Waals surface area contributed by atoms with Crippen LogP contribution in [0.3, 0.4) is 0 Å². The topological polar surface area (TPSA) is 70.8 Å². The fourth-order valence-electron chi connectivity index (χ4n) is 1.67. The predicted octanol–water partition coefficient (Wildman–Crippen LogP) is 1.01. The molecule has 0 radical (unpaired) electrons. The first-order chi connectivity index (χ1) is 7.65. The van der Waals surface area contributed by atoms with E-state index in [4.69, 9.17) is 19.9 Å². The van der Waals surface area contributed by atoms with Crippen molar-refractivity contribution in [2.45, 2.75) is 12.8 Å². The molecule has 1 amide bonds. The minimum absolute atomic E-state index is 0.167. The number of carbonyl (C=O) groups is 1. The number of carbonyl (C=O) groups excluding carboxylic acids is 1. The van der Waals surface area contributed by atoms with Gasteiger partial charge in [-0.2, -0.15) is 0 Å². The second kappa shape index (κ2) is 3.92. The third-order valence-corrected chi connectivity index (χ3v) is 2.62. The van der Waals surface area contributed by atoms with Crippen LogP contribution >= 0.6 is 0 Å². The minimum atomic E-state index is -0.426. The summed E-state index contributed by atoms with van der Waals surface area (Å²) in [6.07, 6.45) is 0. The number of nitrogens with two attached hydrogens (primary N) is 1. The molecule has 1 aromatic rings. The highest BCUT2D eigenvalue weighted by Crippen LogP contribution is 2.45. The van der Waals surface area contributed by atoms with E-state index in [-0.39, 0.29) is 6.79 Å². The largest absolute Gasteiger partial charge is 0.492 e. The Balaban J connectivity index is 2.50. The molecule has 0 aliphatic carbocycles. The van der Waals surface area contributed by atoms with Crippen LogP contribution in [0.5, 0.6) is 17.2 Å². The molecule has 1 atom stereocenters. The number of hydrogen-bond donors (Lipinski definition) is 1. The molecule has 2 N–H and O–H groups in total. The fraction of sp³-hybridized carbons (Fsp3) is 0.364. The maximum absolute atomic E-state index is 11.2. The summed E-state index contributed by atoms with van der Waals surface area (Å²) in [5, 5.41) is 0. The normalized spacial score (nSPS) is 14.6. The monoisotopic (exact) mass is 223 g/mol. The van der Waals surface area contributed by atoms with Gasteiger partial charge in [-0.25, -0.2) is 0 Å². The summed E-state index contributed by atoms with van der Waals surface area (Å²) >= 11 is 0. The van der Waals surface area contributed by atoms with Crippen LogP contribution in [0, 0.1) is 0 Å². The number of primary amides is 1. The Bertz CT molecular complexity index is 430. The molecular weight excluding hydrogens is 210 g/mol. The molecule has 2 rings (SSSR count). The standard InChI is InChI=1S/C11H13NO4/c1-6(11(12)13)7-3-4-8-10(9(7)14-2)16-5-15-8/h3-4,6H,5H2,1-2H3,(H2,12,13). The number of benzene rings is 1. The second-order valence-corrected chi connectivity index (χ2v) is 3.55. The van der Waals surface area contributed by atoms with E-state index >= 15 is 0 Å². The number of methoxy groups -OCH3 is 1. The molecule has 1 heterocycles. The summed E-state index contributed by atoms with van der Waals surface area (Å²) in [4.78, 5) is 11.2. The van der Waals surface area contributed by atoms with Gasteiger partial charge in [0.25, 0.3) is 0 Å². The van der Waals surface area contributed by atoms with Crippen LogP contribution in [0.2, 0.25) is 0 Å². The van der Waals surface area contributed by atoms with E-state index in [1.165, 1.54) is 7.11 Å². The van der Waals surface area contributed by atoms with Gasteiger partial charge in [0, 0.05) is 5.56 Å². The number of rotatable bonds is 3. The molecule has 1 aliphatic rings. The smallest absolute Gasteiger partial charge is 0.231 e. The lowest BCUT2D eigenvalue weighted by Gasteiger charge is -2.14. The maximum Gasteiger partial charge on any atom is 0.231 e. The van der Waals surface area contributed by atoms with E-state index in [2.05, 4.69) is 0 Å². The number of ether oxygens (including phenoxy) is 3. The van der Waals surface area contributed by atoms with Crippen LogP contribution in [0.4, 0.5) is 0 Å². The summed E-state index contributed by atoms with van der Waals surface area (Å²) in [5.74, 6) is 0.841. The zero-order valence-electron chi connectivity index (χ0n) is 9.15. The van der Waals surface area contributed by atoms with Crippen molar-refractivity contribution in [2.75, 3.05) is 13.9 Å². The van der Waals surface area contributed by atoms with Crippen molar-refractivity contribution in [1.82, 2.24) is 0 Å². The Morgan fingerprint density at radius 2 is 2.25 bits per heavy atom. The third kappa shape index (κ3) is 1.54. The van der Waals surface area contributed by atoms with Crippen LogP contribution in [-0.4, -0.2) is 19.8 Å². The fourth-order valence-corrected chi connectivity index (χ4v) is 1.67. The molecule has 0 spiro atoms. The van der Waals surface area contributed by atoms with Crippen molar-refractivity contribution in [3.8, 4) is 17.2 Å². The SMILES string of the molecule is COc1c(C(C)C(N)=O)ccc2c1OCO2. The summed E-state index contributed by atoms with van der Waals surface area (Å²) in [5.41, 5.74) is 5.98. The van der Waals surface area contributed by atoms with Crippen molar-refractivity contribution in [3.63, 3.8) is 0 Å². The molecule has 0 bridgehead atoms. The Hall–Kier alpha value is -1.91. The second-order valence-electron chi connectivity index (χ2n) is 3.55. The molecule has 86 valence electrons. The van der Waals surface area contributed by atoms with Crippen molar-refractivity contribution in [2.24, 2.45) is 5.73 Å². The van der Waals surface area contributed by atoms with Crippen LogP contribution in [0.25, 0.3) is 0 Å².